The minimum atomic E-state index is 0.716. The van der Waals surface area contributed by atoms with Gasteiger partial charge in [0.2, 0.25) is 0 Å². The molecule has 23 heavy (non-hydrogen) atoms. The van der Waals surface area contributed by atoms with Crippen molar-refractivity contribution in [2.24, 2.45) is 4.99 Å². The highest BCUT2D eigenvalue weighted by Crippen LogP contribution is 2.29. The highest BCUT2D eigenvalue weighted by molar-refractivity contribution is 6.06. The van der Waals surface area contributed by atoms with Gasteiger partial charge < -0.3 is 9.72 Å². The van der Waals surface area contributed by atoms with E-state index in [4.69, 9.17) is 9.73 Å². The Labute approximate surface area is 136 Å². The van der Waals surface area contributed by atoms with E-state index in [1.165, 1.54) is 39.9 Å². The minimum Gasteiger partial charge on any atom is -0.497 e. The number of fused-ring (bicyclic) bond motifs is 3. The van der Waals surface area contributed by atoms with Crippen molar-refractivity contribution in [3.8, 4) is 5.75 Å². The third-order valence-electron chi connectivity index (χ3n) is 4.55. The number of para-hydroxylation sites is 1. The molecule has 0 radical (unpaired) electrons. The van der Waals surface area contributed by atoms with Gasteiger partial charge in [0.05, 0.1) is 25.1 Å². The second kappa shape index (κ2) is 5.92. The minimum absolute atomic E-state index is 0.716. The van der Waals surface area contributed by atoms with Crippen molar-refractivity contribution in [2.75, 3.05) is 7.11 Å². The zero-order chi connectivity index (χ0) is 15.6. The predicted octanol–water partition coefficient (Wildman–Crippen LogP) is 4.50. The maximum Gasteiger partial charge on any atom is 0.118 e. The van der Waals surface area contributed by atoms with Crippen LogP contribution in [-0.2, 0) is 13.0 Å². The first-order valence-corrected chi connectivity index (χ1v) is 8.11. The lowest BCUT2D eigenvalue weighted by Gasteiger charge is -2.14. The third-order valence-corrected chi connectivity index (χ3v) is 4.55. The number of aromatic amines is 1. The molecule has 1 N–H and O–H groups in total. The van der Waals surface area contributed by atoms with Gasteiger partial charge in [-0.25, -0.2) is 0 Å². The van der Waals surface area contributed by atoms with Gasteiger partial charge in [0, 0.05) is 10.9 Å². The number of rotatable bonds is 3. The molecule has 0 bridgehead atoms. The van der Waals surface area contributed by atoms with E-state index in [1.807, 2.05) is 12.1 Å². The summed E-state index contributed by atoms with van der Waals surface area (Å²) >= 11 is 0. The lowest BCUT2D eigenvalue weighted by atomic mass is 9.94. The molecule has 0 aliphatic heterocycles. The molecule has 116 valence electrons. The van der Waals surface area contributed by atoms with E-state index < -0.39 is 0 Å². The summed E-state index contributed by atoms with van der Waals surface area (Å²) in [6.45, 7) is 0.716. The van der Waals surface area contributed by atoms with Gasteiger partial charge in [-0.3, -0.25) is 4.99 Å². The first kappa shape index (κ1) is 14.1. The van der Waals surface area contributed by atoms with Gasteiger partial charge in [-0.05, 0) is 48.6 Å². The van der Waals surface area contributed by atoms with Crippen LogP contribution < -0.4 is 4.74 Å². The van der Waals surface area contributed by atoms with Crippen LogP contribution in [-0.4, -0.2) is 17.8 Å². The van der Waals surface area contributed by atoms with E-state index in [-0.39, 0.29) is 0 Å². The second-order valence-electron chi connectivity index (χ2n) is 5.99. The zero-order valence-electron chi connectivity index (χ0n) is 13.3. The molecule has 2 aromatic carbocycles. The van der Waals surface area contributed by atoms with Crippen LogP contribution in [0.1, 0.15) is 29.7 Å². The molecule has 0 spiro atoms. The van der Waals surface area contributed by atoms with Crippen molar-refractivity contribution in [1.82, 2.24) is 4.98 Å². The molecule has 1 aliphatic rings. The molecule has 0 atom stereocenters. The van der Waals surface area contributed by atoms with Crippen LogP contribution >= 0.6 is 0 Å². The van der Waals surface area contributed by atoms with E-state index in [0.717, 1.165) is 18.6 Å². The number of nitrogens with zero attached hydrogens (tertiary/aromatic N) is 1. The van der Waals surface area contributed by atoms with Gasteiger partial charge >= 0.3 is 0 Å². The normalized spacial score (nSPS) is 15.8. The second-order valence-corrected chi connectivity index (χ2v) is 5.99. The van der Waals surface area contributed by atoms with Crippen LogP contribution in [0.3, 0.4) is 0 Å². The highest BCUT2D eigenvalue weighted by atomic mass is 16.5. The van der Waals surface area contributed by atoms with Gasteiger partial charge in [-0.15, -0.1) is 0 Å². The largest absolute Gasteiger partial charge is 0.497 e. The van der Waals surface area contributed by atoms with Crippen molar-refractivity contribution < 1.29 is 4.74 Å². The standard InChI is InChI=1S/C20H20N2O/c1-23-15-11-9-14(10-12-15)13-21-19-8-4-6-17-16-5-2-3-7-18(16)22-20(17)19/h2-3,5,7,9-12,22H,4,6,8,13H2,1H3. The molecule has 1 heterocycles. The molecule has 3 aromatic rings. The molecule has 0 saturated heterocycles. The number of aromatic nitrogens is 1. The number of nitrogens with one attached hydrogen (secondary N) is 1. The number of aliphatic imine (C=N–C) groups is 1. The van der Waals surface area contributed by atoms with E-state index in [0.29, 0.717) is 6.54 Å². The highest BCUT2D eigenvalue weighted by Gasteiger charge is 2.19. The summed E-state index contributed by atoms with van der Waals surface area (Å²) in [5.74, 6) is 0.886. The number of hydrogen-bond donors (Lipinski definition) is 1. The predicted molar refractivity (Wildman–Crippen MR) is 94.5 cm³/mol. The number of aryl methyl sites for hydroxylation is 1. The maximum atomic E-state index is 5.20. The van der Waals surface area contributed by atoms with Crippen LogP contribution in [0.4, 0.5) is 0 Å². The number of benzene rings is 2. The number of ether oxygens (including phenoxy) is 1. The molecule has 0 amide bonds. The Kier molecular flexibility index (Phi) is 3.62. The average molecular weight is 304 g/mol. The topological polar surface area (TPSA) is 37.4 Å². The van der Waals surface area contributed by atoms with Crippen molar-refractivity contribution in [3.05, 3.63) is 65.4 Å². The van der Waals surface area contributed by atoms with E-state index >= 15 is 0 Å². The molecular formula is C20H20N2O. The smallest absolute Gasteiger partial charge is 0.118 e. The Balaban J connectivity index is 1.65. The van der Waals surface area contributed by atoms with Crippen LogP contribution in [0.15, 0.2) is 53.5 Å². The van der Waals surface area contributed by atoms with Gasteiger partial charge in [0.1, 0.15) is 5.75 Å². The summed E-state index contributed by atoms with van der Waals surface area (Å²) in [5.41, 5.74) is 6.31. The lowest BCUT2D eigenvalue weighted by Crippen LogP contribution is -2.11. The Bertz CT molecular complexity index is 859. The van der Waals surface area contributed by atoms with Gasteiger partial charge in [-0.1, -0.05) is 30.3 Å². The molecule has 3 nitrogen and oxygen atoms in total. The van der Waals surface area contributed by atoms with E-state index in [1.54, 1.807) is 7.11 Å². The van der Waals surface area contributed by atoms with E-state index in [9.17, 15) is 0 Å². The molecule has 0 saturated carbocycles. The SMILES string of the molecule is COc1ccc(CN=C2CCCc3c2[nH]c2ccccc32)cc1. The zero-order valence-corrected chi connectivity index (χ0v) is 13.3. The fourth-order valence-corrected chi connectivity index (χ4v) is 3.34. The Morgan fingerprint density at radius 1 is 1.04 bits per heavy atom. The van der Waals surface area contributed by atoms with Crippen LogP contribution in [0, 0.1) is 0 Å². The summed E-state index contributed by atoms with van der Waals surface area (Å²) < 4.78 is 5.20. The Morgan fingerprint density at radius 2 is 1.87 bits per heavy atom. The van der Waals surface area contributed by atoms with Crippen LogP contribution in [0.25, 0.3) is 10.9 Å². The monoisotopic (exact) mass is 304 g/mol. The number of methoxy groups -OCH3 is 1. The van der Waals surface area contributed by atoms with E-state index in [2.05, 4.69) is 41.4 Å². The summed E-state index contributed by atoms with van der Waals surface area (Å²) in [4.78, 5) is 8.46. The molecule has 4 rings (SSSR count). The molecular weight excluding hydrogens is 284 g/mol. The fourth-order valence-electron chi connectivity index (χ4n) is 3.34. The van der Waals surface area contributed by atoms with Crippen LogP contribution in [0.2, 0.25) is 0 Å². The Hall–Kier alpha value is -2.55. The summed E-state index contributed by atoms with van der Waals surface area (Å²) in [7, 11) is 1.69. The van der Waals surface area contributed by atoms with Crippen LogP contribution in [0.5, 0.6) is 5.75 Å². The first-order valence-electron chi connectivity index (χ1n) is 8.11. The maximum absolute atomic E-state index is 5.20. The quantitative estimate of drug-likeness (QED) is 0.760. The van der Waals surface area contributed by atoms with Gasteiger partial charge in [0.25, 0.3) is 0 Å². The molecule has 0 fully saturated rings. The van der Waals surface area contributed by atoms with Crippen molar-refractivity contribution in [2.45, 2.75) is 25.8 Å². The van der Waals surface area contributed by atoms with Crippen molar-refractivity contribution in [3.63, 3.8) is 0 Å². The fraction of sp³-hybridized carbons (Fsp3) is 0.250. The molecule has 3 heteroatoms. The van der Waals surface area contributed by atoms with Gasteiger partial charge in [-0.2, -0.15) is 0 Å². The molecule has 1 aromatic heterocycles. The third kappa shape index (κ3) is 2.63. The number of H-pyrrole nitrogens is 1. The number of hydrogen-bond acceptors (Lipinski definition) is 2. The first-order chi connectivity index (χ1) is 11.3. The van der Waals surface area contributed by atoms with Crippen molar-refractivity contribution >= 4 is 16.6 Å². The molecule has 1 aliphatic carbocycles. The molecule has 0 unspecified atom stereocenters. The Morgan fingerprint density at radius 3 is 2.70 bits per heavy atom. The summed E-state index contributed by atoms with van der Waals surface area (Å²) in [6.07, 6.45) is 3.37. The average Bonchev–Trinajstić information content (AvgIpc) is 3.00. The van der Waals surface area contributed by atoms with Crippen molar-refractivity contribution in [1.29, 1.82) is 0 Å². The van der Waals surface area contributed by atoms with Gasteiger partial charge in [0.15, 0.2) is 0 Å². The lowest BCUT2D eigenvalue weighted by molar-refractivity contribution is 0.414. The summed E-state index contributed by atoms with van der Waals surface area (Å²) in [6, 6.07) is 16.7. The summed E-state index contributed by atoms with van der Waals surface area (Å²) in [5, 5.41) is 1.35.